The van der Waals surface area contributed by atoms with Crippen LogP contribution in [0.5, 0.6) is 0 Å². The second-order valence-corrected chi connectivity index (χ2v) is 11.9. The molecule has 0 saturated carbocycles. The van der Waals surface area contributed by atoms with Crippen LogP contribution >= 0.6 is 0 Å². The van der Waals surface area contributed by atoms with Crippen LogP contribution in [0.25, 0.3) is 93.6 Å². The number of hydrogen-bond donors (Lipinski definition) is 0. The first-order chi connectivity index (χ1) is 33.3. The maximum Gasteiger partial charge on any atom is 0.0782 e. The molecule has 0 N–H and O–H groups in total. The Morgan fingerprint density at radius 1 is 0.333 bits per heavy atom. The van der Waals surface area contributed by atoms with Gasteiger partial charge in [0.05, 0.1) is 64.8 Å². The number of rotatable bonds is 4. The van der Waals surface area contributed by atoms with Crippen LogP contribution in [0.3, 0.4) is 0 Å². The molecular weight excluding hydrogens is 619 g/mol. The Kier molecular flexibility index (Phi) is 3.26. The zero-order valence-electron chi connectivity index (χ0n) is 45.3. The summed E-state index contributed by atoms with van der Waals surface area (Å²) in [6.45, 7) is 0. The second-order valence-electron chi connectivity index (χ2n) is 11.9. The molecule has 0 spiro atoms. The molecule has 0 atom stereocenters. The fourth-order valence-electron chi connectivity index (χ4n) is 7.13. The summed E-state index contributed by atoms with van der Waals surface area (Å²) in [6, 6.07) is 8.42. The lowest BCUT2D eigenvalue weighted by atomic mass is 10.0. The first kappa shape index (κ1) is 15.4. The molecule has 0 aliphatic rings. The predicted molar refractivity (Wildman–Crippen MR) is 215 cm³/mol. The Balaban J connectivity index is 1.34. The van der Waals surface area contributed by atoms with E-state index in [1.165, 1.54) is 4.57 Å². The first-order valence-electron chi connectivity index (χ1n) is 25.5. The van der Waals surface area contributed by atoms with Crippen molar-refractivity contribution in [1.29, 1.82) is 0 Å². The van der Waals surface area contributed by atoms with Gasteiger partial charge < -0.3 is 13.7 Å². The Hall–Kier alpha value is -6.84. The SMILES string of the molecule is [2H]c1c([2H])c([2H])c(-n2c3c([2H])c([2H])c([2H])c([2H])c3c3c([2H])c(-c4c([2H])c([2H])c5c(c4[2H])c4c([2H])c([2H])c([2H])c([2H])c4n5-c4cccc5c6ccccc6n(-c6ccccc6)c45)c([2H])c([2H])c32)c([2H])c1[2H]. The minimum atomic E-state index is -0.854. The average molecular weight is 669 g/mol. The summed E-state index contributed by atoms with van der Waals surface area (Å²) in [4.78, 5) is 0. The average Bonchev–Trinajstić information content (AvgIpc) is 4.02. The highest BCUT2D eigenvalue weighted by molar-refractivity contribution is 6.16. The molecule has 0 fully saturated rings. The van der Waals surface area contributed by atoms with Crippen LogP contribution in [0.15, 0.2) is 188 Å². The van der Waals surface area contributed by atoms with Gasteiger partial charge in [0.15, 0.2) is 0 Å². The molecule has 0 unspecified atom stereocenters. The first-order valence-corrected chi connectivity index (χ1v) is 16.0. The van der Waals surface area contributed by atoms with Crippen LogP contribution in [-0.2, 0) is 0 Å². The fourth-order valence-corrected chi connectivity index (χ4v) is 7.13. The molecule has 0 saturated heterocycles. The predicted octanol–water partition coefficient (Wildman–Crippen LogP) is 12.6. The third kappa shape index (κ3) is 4.06. The molecule has 0 aliphatic heterocycles. The molecule has 0 amide bonds. The van der Waals surface area contributed by atoms with Gasteiger partial charge in [-0.1, -0.05) is 115 Å². The van der Waals surface area contributed by atoms with E-state index >= 15 is 0 Å². The minimum Gasteiger partial charge on any atom is -0.309 e. The molecule has 3 heterocycles. The topological polar surface area (TPSA) is 14.8 Å². The molecular formula is C48H31N3. The van der Waals surface area contributed by atoms with Gasteiger partial charge >= 0.3 is 0 Å². The molecule has 0 bridgehead atoms. The number of benzene rings is 8. The third-order valence-electron chi connectivity index (χ3n) is 9.20. The van der Waals surface area contributed by atoms with E-state index in [1.807, 2.05) is 65.2 Å². The van der Waals surface area contributed by atoms with Crippen LogP contribution < -0.4 is 0 Å². The van der Waals surface area contributed by atoms with Gasteiger partial charge in [0.2, 0.25) is 0 Å². The molecule has 11 aromatic rings. The number of fused-ring (bicyclic) bond motifs is 9. The molecule has 3 aromatic heterocycles. The largest absolute Gasteiger partial charge is 0.309 e. The van der Waals surface area contributed by atoms with E-state index in [1.54, 1.807) is 12.1 Å². The van der Waals surface area contributed by atoms with E-state index in [9.17, 15) is 11.0 Å². The molecule has 238 valence electrons. The maximum absolute atomic E-state index is 9.99. The minimum absolute atomic E-state index is 0.136. The molecule has 51 heavy (non-hydrogen) atoms. The molecule has 8 aromatic carbocycles. The summed E-state index contributed by atoms with van der Waals surface area (Å²) in [5.41, 5.74) is -0.674. The van der Waals surface area contributed by atoms with E-state index in [0.717, 1.165) is 26.5 Å². The quantitative estimate of drug-likeness (QED) is 0.177. The summed E-state index contributed by atoms with van der Waals surface area (Å²) in [5.74, 6) is 0. The van der Waals surface area contributed by atoms with Crippen molar-refractivity contribution in [3.63, 3.8) is 0 Å². The molecule has 3 nitrogen and oxygen atoms in total. The van der Waals surface area contributed by atoms with Gasteiger partial charge in [0.25, 0.3) is 0 Å². The van der Waals surface area contributed by atoms with Gasteiger partial charge in [-0.05, 0) is 83.7 Å². The fraction of sp³-hybridized carbons (Fsp3) is 0. The standard InChI is InChI=1S/C48H31N3/c1-3-14-34(15-4-1)49-42-22-10-8-19-37(42)40-30-32(26-28-45(40)49)33-27-29-46-41(31-33)38-20-9-12-24-44(38)51(46)47-25-13-21-39-36-18-7-11-23-43(36)50(48(39)47)35-16-5-2-6-17-35/h1-31H/i1D,3D,4D,8D,9D,10D,12D,14D,15D,19D,20D,22D,24D,26D,27D,28D,29D,30D,31D. The van der Waals surface area contributed by atoms with Gasteiger partial charge in [-0.25, -0.2) is 0 Å². The zero-order valence-corrected chi connectivity index (χ0v) is 26.3. The molecule has 11 rings (SSSR count). The van der Waals surface area contributed by atoms with Crippen molar-refractivity contribution >= 4 is 65.4 Å². The van der Waals surface area contributed by atoms with Crippen molar-refractivity contribution in [3.05, 3.63) is 188 Å². The van der Waals surface area contributed by atoms with Gasteiger partial charge in [-0.3, -0.25) is 0 Å². The Bertz CT molecular complexity index is 4200. The summed E-state index contributed by atoms with van der Waals surface area (Å²) in [6.07, 6.45) is 0. The number of para-hydroxylation sites is 6. The lowest BCUT2D eigenvalue weighted by molar-refractivity contribution is 1.13. The summed E-state index contributed by atoms with van der Waals surface area (Å²) in [7, 11) is 0. The maximum atomic E-state index is 9.99. The van der Waals surface area contributed by atoms with Crippen molar-refractivity contribution < 1.29 is 26.0 Å². The van der Waals surface area contributed by atoms with Crippen LogP contribution in [0.2, 0.25) is 0 Å². The second kappa shape index (κ2) is 10.8. The Morgan fingerprint density at radius 3 is 1.63 bits per heavy atom. The van der Waals surface area contributed by atoms with Crippen LogP contribution in [0.1, 0.15) is 26.0 Å². The van der Waals surface area contributed by atoms with E-state index in [0.29, 0.717) is 11.2 Å². The van der Waals surface area contributed by atoms with Gasteiger partial charge in [0, 0.05) is 43.7 Å². The van der Waals surface area contributed by atoms with E-state index in [4.69, 9.17) is 15.1 Å². The van der Waals surface area contributed by atoms with Crippen molar-refractivity contribution in [2.45, 2.75) is 0 Å². The smallest absolute Gasteiger partial charge is 0.0782 e. The summed E-state index contributed by atoms with van der Waals surface area (Å²) >= 11 is 0. The van der Waals surface area contributed by atoms with E-state index < -0.39 is 153 Å². The van der Waals surface area contributed by atoms with Crippen molar-refractivity contribution in [3.8, 4) is 28.2 Å². The highest BCUT2D eigenvalue weighted by atomic mass is 15.1. The van der Waals surface area contributed by atoms with E-state index in [2.05, 4.69) is 0 Å². The Morgan fingerprint density at radius 2 is 0.902 bits per heavy atom. The zero-order chi connectivity index (χ0) is 50.0. The third-order valence-corrected chi connectivity index (χ3v) is 9.20. The monoisotopic (exact) mass is 668 g/mol. The molecule has 0 aliphatic carbocycles. The van der Waals surface area contributed by atoms with E-state index in [-0.39, 0.29) is 21.8 Å². The number of aromatic nitrogens is 3. The molecule has 0 radical (unpaired) electrons. The number of hydrogen-bond acceptors (Lipinski definition) is 0. The lowest BCUT2D eigenvalue weighted by Gasteiger charge is -2.14. The van der Waals surface area contributed by atoms with Gasteiger partial charge in [-0.15, -0.1) is 0 Å². The van der Waals surface area contributed by atoms with Crippen LogP contribution in [0, 0.1) is 0 Å². The van der Waals surface area contributed by atoms with Crippen LogP contribution in [-0.4, -0.2) is 13.7 Å². The van der Waals surface area contributed by atoms with Crippen molar-refractivity contribution in [2.24, 2.45) is 0 Å². The van der Waals surface area contributed by atoms with Crippen LogP contribution in [0.4, 0.5) is 0 Å². The highest BCUT2D eigenvalue weighted by Gasteiger charge is 2.20. The number of nitrogens with zero attached hydrogens (tertiary/aromatic N) is 3. The van der Waals surface area contributed by atoms with Gasteiger partial charge in [0.1, 0.15) is 0 Å². The lowest BCUT2D eigenvalue weighted by Crippen LogP contribution is -2.00. The molecule has 3 heteroatoms. The van der Waals surface area contributed by atoms with Crippen molar-refractivity contribution in [2.75, 3.05) is 0 Å². The highest BCUT2D eigenvalue weighted by Crippen LogP contribution is 2.41. The summed E-state index contributed by atoms with van der Waals surface area (Å²) in [5, 5.41) is 0.253. The van der Waals surface area contributed by atoms with Gasteiger partial charge in [-0.2, -0.15) is 0 Å². The van der Waals surface area contributed by atoms with Crippen molar-refractivity contribution in [1.82, 2.24) is 13.7 Å². The Labute approximate surface area is 321 Å². The summed E-state index contributed by atoms with van der Waals surface area (Å²) < 4.78 is 177. The normalized spacial score (nSPS) is 17.1.